The first-order valence-corrected chi connectivity index (χ1v) is 20.1. The molecule has 0 radical (unpaired) electrons. The van der Waals surface area contributed by atoms with Crippen molar-refractivity contribution in [3.8, 4) is 11.5 Å². The summed E-state index contributed by atoms with van der Waals surface area (Å²) in [5.74, 6) is -2.50. The summed E-state index contributed by atoms with van der Waals surface area (Å²) in [6.07, 6.45) is 0.298. The Morgan fingerprint density at radius 2 is 1.65 bits per heavy atom. The number of amides is 4. The number of nitrogens with one attached hydrogen (secondary N) is 4. The van der Waals surface area contributed by atoms with Crippen LogP contribution >= 0.6 is 15.9 Å². The third kappa shape index (κ3) is 12.3. The lowest BCUT2D eigenvalue weighted by atomic mass is 10.0. The quantitative estimate of drug-likeness (QED) is 0.0726. The number of likely N-dealkylation sites (N-methyl/N-ethyl adjacent to an activating group) is 1. The highest BCUT2D eigenvalue weighted by molar-refractivity contribution is 9.10. The maximum atomic E-state index is 14.0. The first-order chi connectivity index (χ1) is 23.9. The van der Waals surface area contributed by atoms with E-state index in [2.05, 4.69) is 77.6 Å². The molecule has 0 aromatic heterocycles. The number of carbonyl (C=O) groups excluding carboxylic acids is 4. The summed E-state index contributed by atoms with van der Waals surface area (Å²) in [5, 5.41) is 21.3. The minimum atomic E-state index is -2.43. The molecule has 3 atom stereocenters. The lowest BCUT2D eigenvalue weighted by molar-refractivity contribution is -0.387. The van der Waals surface area contributed by atoms with Gasteiger partial charge in [0, 0.05) is 19.5 Å². The molecule has 0 heterocycles. The van der Waals surface area contributed by atoms with Gasteiger partial charge in [-0.2, -0.15) is 4.39 Å². The van der Waals surface area contributed by atoms with Crippen LogP contribution in [0, 0.1) is 15.9 Å². The van der Waals surface area contributed by atoms with E-state index in [-0.39, 0.29) is 23.6 Å². The van der Waals surface area contributed by atoms with Crippen LogP contribution in [0.1, 0.15) is 65.6 Å². The lowest BCUT2D eigenvalue weighted by Gasteiger charge is -2.37. The van der Waals surface area contributed by atoms with Crippen molar-refractivity contribution in [3.63, 3.8) is 0 Å². The van der Waals surface area contributed by atoms with Crippen molar-refractivity contribution in [2.75, 3.05) is 13.7 Å². The molecule has 4 amide bonds. The minimum absolute atomic E-state index is 0.155. The Balaban J connectivity index is 2.44. The monoisotopic (exact) mass is 809 g/mol. The molecular weight excluding hydrogens is 761 g/mol. The van der Waals surface area contributed by atoms with Crippen LogP contribution < -0.4 is 30.4 Å². The van der Waals surface area contributed by atoms with Gasteiger partial charge in [0.25, 0.3) is 8.32 Å². The van der Waals surface area contributed by atoms with Crippen LogP contribution in [0.3, 0.4) is 0 Å². The van der Waals surface area contributed by atoms with Crippen LogP contribution in [0.25, 0.3) is 0 Å². The highest BCUT2D eigenvalue weighted by Crippen LogP contribution is 2.44. The van der Waals surface area contributed by atoms with Crippen LogP contribution in [-0.2, 0) is 25.5 Å². The Labute approximate surface area is 313 Å². The number of carbonyl (C=O) groups is 4. The fourth-order valence-electron chi connectivity index (χ4n) is 4.35. The number of ether oxygens (including phenoxy) is 2. The Morgan fingerprint density at radius 3 is 2.19 bits per heavy atom. The van der Waals surface area contributed by atoms with Crippen molar-refractivity contribution in [1.29, 1.82) is 0 Å². The highest BCUT2D eigenvalue weighted by atomic mass is 79.9. The Hall–Kier alpha value is -4.51. The highest BCUT2D eigenvalue weighted by Gasteiger charge is 2.40. The number of hydrogen-bond donors (Lipinski definition) is 4. The predicted octanol–water partition coefficient (Wildman–Crippen LogP) is 5.99. The maximum absolute atomic E-state index is 14.0. The smallest absolute Gasteiger partial charge is 0.408 e. The largest absolute Gasteiger partial charge is 0.541 e. The Kier molecular flexibility index (Phi) is 15.0. The SMILES string of the molecule is C=CCOc1c(Br)cc([C@@H](NC(=O)[C@H](C)NC(=O)[C@@H](Cc2ccc(F)c([N+](=O)[O-])c2)NC(=O)OC(C)(C)C)C(=O)NC)cc1O[Si](C)(C)C(C)(C)C. The zero-order chi connectivity index (χ0) is 39.8. The fraction of sp³-hybridized carbons (Fsp3) is 0.486. The summed E-state index contributed by atoms with van der Waals surface area (Å²) in [6.45, 7) is 20.4. The molecule has 0 spiro atoms. The molecule has 286 valence electrons. The molecule has 0 bridgehead atoms. The summed E-state index contributed by atoms with van der Waals surface area (Å²) in [4.78, 5) is 63.4. The van der Waals surface area contributed by atoms with E-state index in [1.54, 1.807) is 39.0 Å². The van der Waals surface area contributed by atoms with Gasteiger partial charge < -0.3 is 35.2 Å². The zero-order valence-corrected chi connectivity index (χ0v) is 33.8. The van der Waals surface area contributed by atoms with Crippen LogP contribution in [0.2, 0.25) is 18.1 Å². The number of nitro groups is 1. The van der Waals surface area contributed by atoms with Gasteiger partial charge in [0.1, 0.15) is 36.1 Å². The van der Waals surface area contributed by atoms with E-state index in [0.717, 1.165) is 12.1 Å². The number of alkyl carbamates (subject to hydrolysis) is 1. The number of benzene rings is 2. The normalized spacial score (nSPS) is 13.5. The number of nitrogens with zero attached hydrogens (tertiary/aromatic N) is 1. The van der Waals surface area contributed by atoms with E-state index >= 15 is 0 Å². The minimum Gasteiger partial charge on any atom is -0.541 e. The van der Waals surface area contributed by atoms with E-state index in [4.69, 9.17) is 13.9 Å². The van der Waals surface area contributed by atoms with E-state index < -0.39 is 72.3 Å². The van der Waals surface area contributed by atoms with Crippen LogP contribution in [-0.4, -0.2) is 68.4 Å². The van der Waals surface area contributed by atoms with Gasteiger partial charge in [-0.1, -0.05) is 39.5 Å². The average molecular weight is 811 g/mol. The predicted molar refractivity (Wildman–Crippen MR) is 200 cm³/mol. The molecule has 2 aromatic rings. The van der Waals surface area contributed by atoms with E-state index in [1.807, 2.05) is 0 Å². The first-order valence-electron chi connectivity index (χ1n) is 16.4. The Bertz CT molecular complexity index is 1680. The summed E-state index contributed by atoms with van der Waals surface area (Å²) in [5.41, 5.74) is -1.24. The topological polar surface area (TPSA) is 187 Å². The Morgan fingerprint density at radius 1 is 1.02 bits per heavy atom. The molecular formula is C35H49BrFN5O9Si. The summed E-state index contributed by atoms with van der Waals surface area (Å²) in [6, 6.07) is 2.39. The fourth-order valence-corrected chi connectivity index (χ4v) is 5.93. The van der Waals surface area contributed by atoms with Crippen molar-refractivity contribution in [2.45, 2.75) is 96.7 Å². The van der Waals surface area contributed by atoms with Gasteiger partial charge in [0.15, 0.2) is 5.75 Å². The van der Waals surface area contributed by atoms with Crippen molar-refractivity contribution < 1.29 is 42.4 Å². The van der Waals surface area contributed by atoms with E-state index in [0.29, 0.717) is 21.5 Å². The standard InChI is InChI=1S/C35H49BrFN5O9Si/c1-12-15-49-29-23(36)18-22(19-27(29)51-52(10,11)35(6,7)8)28(32(45)38-9)41-30(43)20(2)39-31(44)25(40-33(46)50-34(3,4)5)16-21-13-14-24(37)26(17-21)42(47)48/h12-14,17-20,25,28H,1,15-16H2,2-11H3,(H,38,45)(H,39,44)(H,40,46)(H,41,43)/t20-,25+,28+/m0/s1. The molecule has 0 fully saturated rings. The molecule has 17 heteroatoms. The molecule has 0 aliphatic heterocycles. The summed E-state index contributed by atoms with van der Waals surface area (Å²) >= 11 is 3.52. The number of halogens is 2. The van der Waals surface area contributed by atoms with Crippen LogP contribution in [0.5, 0.6) is 11.5 Å². The average Bonchev–Trinajstić information content (AvgIpc) is 3.01. The maximum Gasteiger partial charge on any atom is 0.408 e. The van der Waals surface area contributed by atoms with Gasteiger partial charge in [0.05, 0.1) is 9.40 Å². The second-order valence-corrected chi connectivity index (χ2v) is 20.1. The molecule has 4 N–H and O–H groups in total. The molecule has 0 aliphatic rings. The molecule has 0 unspecified atom stereocenters. The second-order valence-electron chi connectivity index (χ2n) is 14.5. The number of nitro benzene ring substituents is 1. The van der Waals surface area contributed by atoms with Crippen LogP contribution in [0.15, 0.2) is 47.5 Å². The third-order valence-electron chi connectivity index (χ3n) is 8.08. The molecule has 52 heavy (non-hydrogen) atoms. The van der Waals surface area contributed by atoms with Gasteiger partial charge >= 0.3 is 11.8 Å². The van der Waals surface area contributed by atoms with E-state index in [1.165, 1.54) is 20.0 Å². The van der Waals surface area contributed by atoms with Gasteiger partial charge in [-0.05, 0) is 91.1 Å². The third-order valence-corrected chi connectivity index (χ3v) is 13.0. The molecule has 0 aliphatic carbocycles. The van der Waals surface area contributed by atoms with Gasteiger partial charge in [-0.25, -0.2) is 4.79 Å². The number of hydrogen-bond acceptors (Lipinski definition) is 9. The lowest BCUT2D eigenvalue weighted by Crippen LogP contribution is -2.55. The van der Waals surface area contributed by atoms with Gasteiger partial charge in [0.2, 0.25) is 23.5 Å². The summed E-state index contributed by atoms with van der Waals surface area (Å²) in [7, 11) is -1.02. The van der Waals surface area contributed by atoms with Gasteiger partial charge in [-0.3, -0.25) is 24.5 Å². The van der Waals surface area contributed by atoms with E-state index in [9.17, 15) is 33.7 Å². The van der Waals surface area contributed by atoms with Crippen molar-refractivity contribution >= 4 is 53.7 Å². The summed E-state index contributed by atoms with van der Waals surface area (Å²) < 4.78 is 32.3. The van der Waals surface area contributed by atoms with Crippen molar-refractivity contribution in [2.24, 2.45) is 0 Å². The number of rotatable bonds is 15. The van der Waals surface area contributed by atoms with Crippen molar-refractivity contribution in [3.05, 3.63) is 74.5 Å². The first kappa shape index (κ1) is 43.7. The molecule has 0 saturated carbocycles. The van der Waals surface area contributed by atoms with Gasteiger partial charge in [-0.15, -0.1) is 0 Å². The van der Waals surface area contributed by atoms with Crippen LogP contribution in [0.4, 0.5) is 14.9 Å². The van der Waals surface area contributed by atoms with Crippen molar-refractivity contribution in [1.82, 2.24) is 21.3 Å². The molecule has 2 aromatic carbocycles. The second kappa shape index (κ2) is 17.8. The zero-order valence-electron chi connectivity index (χ0n) is 31.2. The molecule has 14 nitrogen and oxygen atoms in total. The molecule has 0 saturated heterocycles. The molecule has 2 rings (SSSR count).